The van der Waals surface area contributed by atoms with Gasteiger partial charge in [0.2, 0.25) is 0 Å². The van der Waals surface area contributed by atoms with Crippen molar-refractivity contribution in [3.8, 4) is 0 Å². The summed E-state index contributed by atoms with van der Waals surface area (Å²) in [6.07, 6.45) is 0. The van der Waals surface area contributed by atoms with E-state index in [9.17, 15) is 26.3 Å². The normalized spacial score (nSPS) is 11.7. The molecule has 0 heterocycles. The second kappa shape index (κ2) is 7.61. The molecule has 15 heavy (non-hydrogen) atoms. The maximum absolute atomic E-state index is 10.6. The van der Waals surface area contributed by atoms with E-state index >= 15 is 0 Å². The third-order valence-electron chi connectivity index (χ3n) is 0.378. The fourth-order valence-corrected chi connectivity index (χ4v) is 0. The molecule has 4 nitrogen and oxygen atoms in total. The molecule has 0 N–H and O–H groups in total. The predicted octanol–water partition coefficient (Wildman–Crippen LogP) is 1.25. The molecule has 0 aromatic heterocycles. The van der Waals surface area contributed by atoms with Crippen LogP contribution in [-0.4, -0.2) is 37.2 Å². The Bertz CT molecular complexity index is 264. The van der Waals surface area contributed by atoms with Gasteiger partial charge in [-0.2, -0.15) is 26.3 Å². The molecule has 13 heteroatoms. The minimum Gasteiger partial charge on any atom is -0.416 e. The van der Waals surface area contributed by atoms with Crippen LogP contribution < -0.4 is 0 Å². The SMILES string of the molecule is O=[S-](=O)C(F)(F)F.O=[S-](=O)C(F)(F)F.[Bi+2]. The van der Waals surface area contributed by atoms with E-state index in [1.165, 1.54) is 0 Å². The Morgan fingerprint density at radius 2 is 0.667 bits per heavy atom. The fraction of sp³-hybridized carbons (Fsp3) is 1.00. The maximum Gasteiger partial charge on any atom is 2.00 e. The van der Waals surface area contributed by atoms with Crippen LogP contribution in [0, 0.1) is 0 Å². The van der Waals surface area contributed by atoms with Gasteiger partial charge in [-0.3, -0.25) is 0 Å². The monoisotopic (exact) mass is 475 g/mol. The van der Waals surface area contributed by atoms with Crippen molar-refractivity contribution in [2.45, 2.75) is 11.0 Å². The zero-order valence-corrected chi connectivity index (χ0v) is 11.3. The molecule has 0 aromatic carbocycles. The second-order valence-corrected chi connectivity index (χ2v) is 3.23. The minimum absolute atomic E-state index is 0. The number of halogens is 6. The van der Waals surface area contributed by atoms with E-state index in [0.717, 1.165) is 0 Å². The molecule has 0 unspecified atom stereocenters. The Morgan fingerprint density at radius 1 is 0.600 bits per heavy atom. The maximum atomic E-state index is 10.6. The van der Waals surface area contributed by atoms with Gasteiger partial charge in [-0.05, 0) is 0 Å². The van der Waals surface area contributed by atoms with Gasteiger partial charge in [-0.15, -0.1) is 0 Å². The van der Waals surface area contributed by atoms with Gasteiger partial charge >= 0.3 is 37.2 Å². The average molecular weight is 475 g/mol. The Balaban J connectivity index is -0.000000180. The van der Waals surface area contributed by atoms with Gasteiger partial charge in [0.1, 0.15) is 0 Å². The van der Waals surface area contributed by atoms with Crippen molar-refractivity contribution in [3.05, 3.63) is 0 Å². The van der Waals surface area contributed by atoms with Crippen LogP contribution in [0.1, 0.15) is 0 Å². The van der Waals surface area contributed by atoms with Crippen molar-refractivity contribution in [3.63, 3.8) is 0 Å². The summed E-state index contributed by atoms with van der Waals surface area (Å²) >= 11 is 0. The van der Waals surface area contributed by atoms with E-state index in [-0.39, 0.29) is 26.2 Å². The Hall–Kier alpha value is 0.363. The number of hydrogen-bond donors (Lipinski definition) is 0. The van der Waals surface area contributed by atoms with Gasteiger partial charge in [0.25, 0.3) is 0 Å². The summed E-state index contributed by atoms with van der Waals surface area (Å²) in [6, 6.07) is 0. The van der Waals surface area contributed by atoms with Crippen molar-refractivity contribution < 1.29 is 43.2 Å². The van der Waals surface area contributed by atoms with Gasteiger partial charge in [0, 0.05) is 21.4 Å². The Labute approximate surface area is 102 Å². The van der Waals surface area contributed by atoms with E-state index in [1.54, 1.807) is 0 Å². The second-order valence-electron chi connectivity index (χ2n) is 1.36. The molecular weight excluding hydrogens is 475 g/mol. The van der Waals surface area contributed by atoms with Crippen LogP contribution in [0.4, 0.5) is 26.3 Å². The third-order valence-corrected chi connectivity index (χ3v) is 1.13. The topological polar surface area (TPSA) is 68.3 Å². The zero-order valence-electron chi connectivity index (χ0n) is 6.16. The van der Waals surface area contributed by atoms with Crippen LogP contribution in [0.25, 0.3) is 0 Å². The van der Waals surface area contributed by atoms with E-state index in [2.05, 4.69) is 0 Å². The summed E-state index contributed by atoms with van der Waals surface area (Å²) < 4.78 is 99.0. The summed E-state index contributed by atoms with van der Waals surface area (Å²) in [5.74, 6) is 0. The smallest absolute Gasteiger partial charge is 0.416 e. The molecule has 3 radical (unpaired) electrons. The molecule has 0 bridgehead atoms. The zero-order chi connectivity index (χ0) is 12.2. The molecule has 0 atom stereocenters. The van der Waals surface area contributed by atoms with Crippen molar-refractivity contribution >= 4 is 47.6 Å². The Morgan fingerprint density at radius 3 is 0.667 bits per heavy atom. The first-order chi connectivity index (χ1) is 5.89. The van der Waals surface area contributed by atoms with Gasteiger partial charge in [-0.25, -0.2) is 0 Å². The molecule has 0 fully saturated rings. The third kappa shape index (κ3) is 14.4. The van der Waals surface area contributed by atoms with E-state index in [1.807, 2.05) is 0 Å². The van der Waals surface area contributed by atoms with Crippen LogP contribution in [0.3, 0.4) is 0 Å². The summed E-state index contributed by atoms with van der Waals surface area (Å²) in [4.78, 5) is 0. The number of hydrogen-bond acceptors (Lipinski definition) is 6. The molecule has 0 aliphatic rings. The van der Waals surface area contributed by atoms with E-state index in [4.69, 9.17) is 16.8 Å². The van der Waals surface area contributed by atoms with Crippen LogP contribution >= 0.6 is 0 Å². The van der Waals surface area contributed by atoms with Crippen LogP contribution in [0.2, 0.25) is 0 Å². The van der Waals surface area contributed by atoms with Crippen LogP contribution in [0.5, 0.6) is 0 Å². The Kier molecular flexibility index (Phi) is 10.5. The molecule has 0 amide bonds. The molecule has 0 aliphatic heterocycles. The van der Waals surface area contributed by atoms with E-state index < -0.39 is 32.4 Å². The van der Waals surface area contributed by atoms with Crippen molar-refractivity contribution in [2.75, 3.05) is 0 Å². The average Bonchev–Trinajstić information content (AvgIpc) is 1.83. The first-order valence-corrected chi connectivity index (χ1v) is 4.36. The number of rotatable bonds is 0. The van der Waals surface area contributed by atoms with Crippen LogP contribution in [0.15, 0.2) is 0 Å². The standard InChI is InChI=1S/2CF3O2S.Bi/c2*2-1(3,4)7(5)6;/q2*-1;+2. The van der Waals surface area contributed by atoms with Crippen molar-refractivity contribution in [2.24, 2.45) is 0 Å². The fourth-order valence-electron chi connectivity index (χ4n) is 0. The van der Waals surface area contributed by atoms with Gasteiger partial charge in [0.05, 0.1) is 0 Å². The molecule has 0 aromatic rings. The quantitative estimate of drug-likeness (QED) is 0.301. The molecule has 0 aliphatic carbocycles. The molecule has 91 valence electrons. The van der Waals surface area contributed by atoms with Gasteiger partial charge in [0.15, 0.2) is 0 Å². The van der Waals surface area contributed by atoms with E-state index in [0.29, 0.717) is 0 Å². The van der Waals surface area contributed by atoms with Gasteiger partial charge in [-0.1, -0.05) is 0 Å². The summed E-state index contributed by atoms with van der Waals surface area (Å²) in [6.45, 7) is 0. The van der Waals surface area contributed by atoms with Crippen molar-refractivity contribution in [1.82, 2.24) is 0 Å². The molecule has 0 spiro atoms. The van der Waals surface area contributed by atoms with Gasteiger partial charge < -0.3 is 16.8 Å². The van der Waals surface area contributed by atoms with Crippen molar-refractivity contribution in [1.29, 1.82) is 0 Å². The first kappa shape index (κ1) is 20.7. The summed E-state index contributed by atoms with van der Waals surface area (Å²) in [5, 5.41) is 0. The largest absolute Gasteiger partial charge is 2.00 e. The summed E-state index contributed by atoms with van der Waals surface area (Å²) in [5.41, 5.74) is -10.2. The molecular formula is C2BiF6O4S2. The molecule has 0 saturated heterocycles. The predicted molar refractivity (Wildman–Crippen MR) is 35.3 cm³/mol. The number of alkyl halides is 6. The minimum atomic E-state index is -5.08. The van der Waals surface area contributed by atoms with Crippen LogP contribution in [-0.2, 0) is 38.2 Å². The summed E-state index contributed by atoms with van der Waals surface area (Å²) in [7, 11) is -7.87. The first-order valence-electron chi connectivity index (χ1n) is 2.21. The molecule has 0 saturated carbocycles. The molecule has 0 rings (SSSR count).